The van der Waals surface area contributed by atoms with E-state index in [4.69, 9.17) is 4.74 Å². The molecule has 1 amide bonds. The smallest absolute Gasteiger partial charge is 0.410 e. The van der Waals surface area contributed by atoms with Crippen LogP contribution in [0.25, 0.3) is 0 Å². The minimum absolute atomic E-state index is 0.0446. The molecule has 1 aliphatic rings. The van der Waals surface area contributed by atoms with Crippen LogP contribution in [-0.2, 0) is 11.3 Å². The Morgan fingerprint density at radius 3 is 2.53 bits per heavy atom. The van der Waals surface area contributed by atoms with Crippen LogP contribution in [-0.4, -0.2) is 29.6 Å². The largest absolute Gasteiger partial charge is 0.445 e. The van der Waals surface area contributed by atoms with Gasteiger partial charge in [0.05, 0.1) is 6.04 Å². The number of amides is 1. The standard InChI is InChI=1S/C25H27N3O2/c1-27(21-13-6-3-7-14-21)24-22(15-10-17-26-24)23-16-8-9-18-28(23)25(29)30-19-20-11-4-2-5-12-20/h2-7,10-15,17,23H,8-9,16,18-19H2,1H3/t23-/m1/s1. The molecule has 1 fully saturated rings. The van der Waals surface area contributed by atoms with Crippen molar-refractivity contribution in [2.24, 2.45) is 0 Å². The number of nitrogens with zero attached hydrogens (tertiary/aromatic N) is 3. The van der Waals surface area contributed by atoms with Gasteiger partial charge in [0.2, 0.25) is 0 Å². The lowest BCUT2D eigenvalue weighted by Gasteiger charge is -2.36. The van der Waals surface area contributed by atoms with E-state index in [0.717, 1.165) is 41.9 Å². The first kappa shape index (κ1) is 20.0. The molecule has 4 rings (SSSR count). The van der Waals surface area contributed by atoms with Crippen molar-refractivity contribution in [3.63, 3.8) is 0 Å². The summed E-state index contributed by atoms with van der Waals surface area (Å²) in [7, 11) is 2.02. The molecule has 0 N–H and O–H groups in total. The third-order valence-corrected chi connectivity index (χ3v) is 5.58. The fourth-order valence-corrected chi connectivity index (χ4v) is 4.00. The first-order valence-corrected chi connectivity index (χ1v) is 10.4. The molecular formula is C25H27N3O2. The van der Waals surface area contributed by atoms with Crippen molar-refractivity contribution in [1.82, 2.24) is 9.88 Å². The average Bonchev–Trinajstić information content (AvgIpc) is 2.83. The fraction of sp³-hybridized carbons (Fsp3) is 0.280. The zero-order valence-electron chi connectivity index (χ0n) is 17.3. The number of piperidine rings is 1. The number of benzene rings is 2. The van der Waals surface area contributed by atoms with Gasteiger partial charge in [-0.05, 0) is 43.0 Å². The number of ether oxygens (including phenoxy) is 1. The van der Waals surface area contributed by atoms with Crippen LogP contribution in [0.2, 0.25) is 0 Å². The molecule has 3 aromatic rings. The van der Waals surface area contributed by atoms with E-state index < -0.39 is 0 Å². The van der Waals surface area contributed by atoms with E-state index in [9.17, 15) is 4.79 Å². The van der Waals surface area contributed by atoms with E-state index in [1.165, 1.54) is 0 Å². The average molecular weight is 402 g/mol. The van der Waals surface area contributed by atoms with Crippen molar-refractivity contribution < 1.29 is 9.53 Å². The second kappa shape index (κ2) is 9.44. The molecule has 2 aromatic carbocycles. The molecule has 1 saturated heterocycles. The number of likely N-dealkylation sites (tertiary alicyclic amines) is 1. The van der Waals surface area contributed by atoms with Crippen molar-refractivity contribution in [2.75, 3.05) is 18.5 Å². The third-order valence-electron chi connectivity index (χ3n) is 5.58. The molecular weight excluding hydrogens is 374 g/mol. The third kappa shape index (κ3) is 4.46. The van der Waals surface area contributed by atoms with E-state index in [-0.39, 0.29) is 18.7 Å². The Balaban J connectivity index is 1.56. The van der Waals surface area contributed by atoms with Gasteiger partial charge < -0.3 is 14.5 Å². The Labute approximate surface area is 177 Å². The summed E-state index contributed by atoms with van der Waals surface area (Å²) in [4.78, 5) is 21.6. The molecule has 1 aliphatic heterocycles. The van der Waals surface area contributed by atoms with Gasteiger partial charge in [-0.25, -0.2) is 9.78 Å². The number of aromatic nitrogens is 1. The number of rotatable bonds is 5. The number of pyridine rings is 1. The molecule has 154 valence electrons. The number of carbonyl (C=O) groups excluding carboxylic acids is 1. The van der Waals surface area contributed by atoms with E-state index in [1.807, 2.05) is 66.5 Å². The van der Waals surface area contributed by atoms with Crippen LogP contribution in [0.4, 0.5) is 16.3 Å². The van der Waals surface area contributed by atoms with Crippen LogP contribution in [0.5, 0.6) is 0 Å². The van der Waals surface area contributed by atoms with Crippen LogP contribution in [0, 0.1) is 0 Å². The maximum Gasteiger partial charge on any atom is 0.410 e. The number of anilines is 2. The highest BCUT2D eigenvalue weighted by molar-refractivity contribution is 5.70. The van der Waals surface area contributed by atoms with Crippen LogP contribution in [0.3, 0.4) is 0 Å². The van der Waals surface area contributed by atoms with E-state index in [2.05, 4.69) is 28.1 Å². The normalized spacial score (nSPS) is 16.2. The Morgan fingerprint density at radius 1 is 1.03 bits per heavy atom. The van der Waals surface area contributed by atoms with Crippen LogP contribution in [0.1, 0.15) is 36.4 Å². The minimum atomic E-state index is -0.263. The summed E-state index contributed by atoms with van der Waals surface area (Å²) in [5.74, 6) is 0.872. The summed E-state index contributed by atoms with van der Waals surface area (Å²) in [5.41, 5.74) is 3.11. The lowest BCUT2D eigenvalue weighted by atomic mass is 9.95. The molecule has 0 radical (unpaired) electrons. The van der Waals surface area contributed by atoms with Crippen LogP contribution >= 0.6 is 0 Å². The molecule has 5 nitrogen and oxygen atoms in total. The van der Waals surface area contributed by atoms with Gasteiger partial charge in [-0.15, -0.1) is 0 Å². The van der Waals surface area contributed by atoms with E-state index in [1.54, 1.807) is 6.20 Å². The first-order chi connectivity index (χ1) is 14.7. The molecule has 0 aliphatic carbocycles. The summed E-state index contributed by atoms with van der Waals surface area (Å²) in [6.45, 7) is 0.981. The zero-order valence-corrected chi connectivity index (χ0v) is 17.3. The van der Waals surface area contributed by atoms with Crippen LogP contribution < -0.4 is 4.90 Å². The molecule has 2 heterocycles. The fourth-order valence-electron chi connectivity index (χ4n) is 4.00. The maximum atomic E-state index is 13.0. The molecule has 1 aromatic heterocycles. The summed E-state index contributed by atoms with van der Waals surface area (Å²) < 4.78 is 5.66. The van der Waals surface area contributed by atoms with Gasteiger partial charge in [-0.1, -0.05) is 54.6 Å². The summed E-state index contributed by atoms with van der Waals surface area (Å²) in [6.07, 6.45) is 4.51. The van der Waals surface area contributed by atoms with Gasteiger partial charge in [0.1, 0.15) is 12.4 Å². The predicted octanol–water partition coefficient (Wildman–Crippen LogP) is 5.71. The molecule has 0 unspecified atom stereocenters. The Kier molecular flexibility index (Phi) is 6.28. The van der Waals surface area contributed by atoms with Gasteiger partial charge in [0, 0.05) is 31.0 Å². The second-order valence-corrected chi connectivity index (χ2v) is 7.56. The summed E-state index contributed by atoms with van der Waals surface area (Å²) in [6, 6.07) is 23.9. The SMILES string of the molecule is CN(c1ccccc1)c1ncccc1[C@H]1CCCCN1C(=O)OCc1ccccc1. The first-order valence-electron chi connectivity index (χ1n) is 10.4. The highest BCUT2D eigenvalue weighted by atomic mass is 16.6. The molecule has 0 saturated carbocycles. The second-order valence-electron chi connectivity index (χ2n) is 7.56. The number of hydrogen-bond acceptors (Lipinski definition) is 4. The van der Waals surface area contributed by atoms with Gasteiger partial charge in [0.25, 0.3) is 0 Å². The zero-order chi connectivity index (χ0) is 20.8. The number of carbonyl (C=O) groups is 1. The minimum Gasteiger partial charge on any atom is -0.445 e. The predicted molar refractivity (Wildman–Crippen MR) is 119 cm³/mol. The highest BCUT2D eigenvalue weighted by Gasteiger charge is 2.31. The van der Waals surface area contributed by atoms with Gasteiger partial charge in [-0.2, -0.15) is 0 Å². The van der Waals surface area contributed by atoms with Crippen molar-refractivity contribution in [2.45, 2.75) is 31.9 Å². The maximum absolute atomic E-state index is 13.0. The summed E-state index contributed by atoms with van der Waals surface area (Å²) in [5, 5.41) is 0. The number of para-hydroxylation sites is 1. The van der Waals surface area contributed by atoms with Crippen molar-refractivity contribution in [1.29, 1.82) is 0 Å². The quantitative estimate of drug-likeness (QED) is 0.549. The van der Waals surface area contributed by atoms with Gasteiger partial charge in [-0.3, -0.25) is 0 Å². The molecule has 30 heavy (non-hydrogen) atoms. The highest BCUT2D eigenvalue weighted by Crippen LogP contribution is 2.37. The number of hydrogen-bond donors (Lipinski definition) is 0. The van der Waals surface area contributed by atoms with Crippen molar-refractivity contribution in [3.05, 3.63) is 90.1 Å². The Bertz CT molecular complexity index is 962. The Hall–Kier alpha value is -3.34. The van der Waals surface area contributed by atoms with Crippen molar-refractivity contribution >= 4 is 17.6 Å². The van der Waals surface area contributed by atoms with Gasteiger partial charge >= 0.3 is 6.09 Å². The molecule has 5 heteroatoms. The summed E-state index contributed by atoms with van der Waals surface area (Å²) >= 11 is 0. The molecule has 0 spiro atoms. The molecule has 1 atom stereocenters. The topological polar surface area (TPSA) is 45.7 Å². The van der Waals surface area contributed by atoms with Gasteiger partial charge in [0.15, 0.2) is 0 Å². The van der Waals surface area contributed by atoms with E-state index in [0.29, 0.717) is 6.54 Å². The Morgan fingerprint density at radius 2 is 1.77 bits per heavy atom. The monoisotopic (exact) mass is 401 g/mol. The van der Waals surface area contributed by atoms with E-state index >= 15 is 0 Å². The van der Waals surface area contributed by atoms with Crippen molar-refractivity contribution in [3.8, 4) is 0 Å². The lowest BCUT2D eigenvalue weighted by molar-refractivity contribution is 0.0679. The van der Waals surface area contributed by atoms with Crippen LogP contribution in [0.15, 0.2) is 79.0 Å². The lowest BCUT2D eigenvalue weighted by Crippen LogP contribution is -2.39. The molecule has 0 bridgehead atoms.